The Hall–Kier alpha value is -3.58. The van der Waals surface area contributed by atoms with Gasteiger partial charge in [-0.15, -0.1) is 0 Å². The van der Waals surface area contributed by atoms with Gasteiger partial charge >= 0.3 is 0 Å². The lowest BCUT2D eigenvalue weighted by Crippen LogP contribution is -2.84. The van der Waals surface area contributed by atoms with Crippen molar-refractivity contribution in [2.24, 2.45) is 0 Å². The molecule has 0 aliphatic heterocycles. The molecule has 2 amide bonds. The van der Waals surface area contributed by atoms with Crippen molar-refractivity contribution < 1.29 is 25.1 Å². The Morgan fingerprint density at radius 1 is 0.688 bits per heavy atom. The third-order valence-corrected chi connectivity index (χ3v) is 4.66. The summed E-state index contributed by atoms with van der Waals surface area (Å²) in [6, 6.07) is 13.3. The summed E-state index contributed by atoms with van der Waals surface area (Å²) >= 11 is 0. The highest BCUT2D eigenvalue weighted by molar-refractivity contribution is 5.92. The van der Waals surface area contributed by atoms with Crippen LogP contribution in [0.1, 0.15) is 30.4 Å². The number of phenols is 2. The fraction of sp³-hybridized carbons (Fsp3) is 0.280. The van der Waals surface area contributed by atoms with Crippen molar-refractivity contribution in [3.63, 3.8) is 0 Å². The zero-order valence-electron chi connectivity index (χ0n) is 18.2. The van der Waals surface area contributed by atoms with Crippen LogP contribution in [0.25, 0.3) is 12.2 Å². The molecule has 0 saturated carbocycles. The number of hydrogen-bond donors (Lipinski definition) is 5. The molecule has 0 radical (unpaired) electrons. The molecule has 0 aliphatic rings. The molecule has 32 heavy (non-hydrogen) atoms. The number of amides is 2. The second-order valence-electron chi connectivity index (χ2n) is 7.36. The van der Waals surface area contributed by atoms with Crippen molar-refractivity contribution in [1.82, 2.24) is 10.6 Å². The molecule has 0 atom stereocenters. The van der Waals surface area contributed by atoms with Crippen molar-refractivity contribution in [3.8, 4) is 11.5 Å². The number of phenolic OH excluding ortho intramolecular Hbond substituents is 2. The Balaban J connectivity index is 1.42. The molecule has 0 saturated heterocycles. The van der Waals surface area contributed by atoms with Crippen LogP contribution in [0, 0.1) is 0 Å². The van der Waals surface area contributed by atoms with Crippen LogP contribution in [0.5, 0.6) is 11.5 Å². The molecular weight excluding hydrogens is 406 g/mol. The van der Waals surface area contributed by atoms with Crippen LogP contribution in [0.15, 0.2) is 60.7 Å². The van der Waals surface area contributed by atoms with Crippen molar-refractivity contribution in [3.05, 3.63) is 71.8 Å². The Kier molecular flexibility index (Phi) is 11.1. The van der Waals surface area contributed by atoms with Crippen LogP contribution in [-0.2, 0) is 9.59 Å². The van der Waals surface area contributed by atoms with E-state index in [-0.39, 0.29) is 23.3 Å². The van der Waals surface area contributed by atoms with E-state index in [1.807, 2.05) is 0 Å². The van der Waals surface area contributed by atoms with E-state index in [2.05, 4.69) is 16.0 Å². The van der Waals surface area contributed by atoms with Crippen LogP contribution >= 0.6 is 0 Å². The molecule has 7 heteroatoms. The molecule has 0 aromatic heterocycles. The Labute approximate surface area is 188 Å². The van der Waals surface area contributed by atoms with Gasteiger partial charge in [-0.1, -0.05) is 24.3 Å². The number of benzene rings is 2. The number of carbonyl (C=O) groups is 2. The minimum Gasteiger partial charge on any atom is -0.508 e. The number of carbonyl (C=O) groups excluding carboxylic acids is 2. The van der Waals surface area contributed by atoms with Gasteiger partial charge in [0.2, 0.25) is 11.8 Å². The van der Waals surface area contributed by atoms with Crippen molar-refractivity contribution in [2.45, 2.75) is 19.3 Å². The average Bonchev–Trinajstić information content (AvgIpc) is 2.79. The maximum Gasteiger partial charge on any atom is 0.244 e. The first-order valence-electron chi connectivity index (χ1n) is 10.8. The van der Waals surface area contributed by atoms with E-state index in [1.165, 1.54) is 12.2 Å². The summed E-state index contributed by atoms with van der Waals surface area (Å²) in [7, 11) is 0. The third-order valence-electron chi connectivity index (χ3n) is 4.66. The van der Waals surface area contributed by atoms with Gasteiger partial charge in [-0.2, -0.15) is 0 Å². The van der Waals surface area contributed by atoms with E-state index < -0.39 is 0 Å². The second kappa shape index (κ2) is 14.4. The summed E-state index contributed by atoms with van der Waals surface area (Å²) in [5.41, 5.74) is 1.72. The van der Waals surface area contributed by atoms with Crippen LogP contribution in [0.3, 0.4) is 0 Å². The predicted octanol–water partition coefficient (Wildman–Crippen LogP) is 1.79. The van der Waals surface area contributed by atoms with Crippen LogP contribution in [0.4, 0.5) is 0 Å². The fourth-order valence-electron chi connectivity index (χ4n) is 2.86. The molecule has 0 heterocycles. The molecule has 0 spiro atoms. The highest BCUT2D eigenvalue weighted by Crippen LogP contribution is 2.11. The van der Waals surface area contributed by atoms with Gasteiger partial charge in [0, 0.05) is 31.7 Å². The highest BCUT2D eigenvalue weighted by Gasteiger charge is 1.98. The Morgan fingerprint density at radius 2 is 1.12 bits per heavy atom. The van der Waals surface area contributed by atoms with E-state index in [9.17, 15) is 19.8 Å². The summed E-state index contributed by atoms with van der Waals surface area (Å²) in [5.74, 6) is 0.143. The van der Waals surface area contributed by atoms with Crippen molar-refractivity contribution >= 4 is 24.0 Å². The molecule has 2 aromatic rings. The summed E-state index contributed by atoms with van der Waals surface area (Å²) in [6.07, 6.45) is 9.21. The van der Waals surface area contributed by atoms with Crippen LogP contribution < -0.4 is 16.0 Å². The number of nitrogens with one attached hydrogen (secondary N) is 2. The molecule has 2 aromatic carbocycles. The van der Waals surface area contributed by atoms with Crippen LogP contribution in [-0.4, -0.2) is 48.2 Å². The number of hydrogen-bond acceptors (Lipinski definition) is 4. The Morgan fingerprint density at radius 3 is 1.62 bits per heavy atom. The summed E-state index contributed by atoms with van der Waals surface area (Å²) < 4.78 is 0. The zero-order chi connectivity index (χ0) is 23.0. The van der Waals surface area contributed by atoms with Gasteiger partial charge in [0.15, 0.2) is 0 Å². The fourth-order valence-corrected chi connectivity index (χ4v) is 2.86. The highest BCUT2D eigenvalue weighted by atomic mass is 16.3. The van der Waals surface area contributed by atoms with E-state index in [1.54, 1.807) is 60.7 Å². The standard InChI is InChI=1S/C25H31N3O4/c29-22-10-4-20(5-11-22)8-14-24(31)27-18-2-1-16-26-17-3-19-28-25(32)15-9-21-6-12-23(30)13-7-21/h4-15,26,29-30H,1-3,16-19H2,(H,27,31)(H,28,32)/p+1. The number of unbranched alkanes of at least 4 members (excludes halogenated alkanes) is 1. The second-order valence-corrected chi connectivity index (χ2v) is 7.36. The molecule has 0 unspecified atom stereocenters. The summed E-state index contributed by atoms with van der Waals surface area (Å²) in [6.45, 7) is 3.17. The predicted molar refractivity (Wildman–Crippen MR) is 126 cm³/mol. The quantitative estimate of drug-likeness (QED) is 0.242. The van der Waals surface area contributed by atoms with Gasteiger partial charge in [-0.05, 0) is 60.4 Å². The lowest BCUT2D eigenvalue weighted by atomic mass is 10.2. The lowest BCUT2D eigenvalue weighted by Gasteiger charge is -2.04. The minimum absolute atomic E-state index is 0.128. The monoisotopic (exact) mass is 438 g/mol. The van der Waals surface area contributed by atoms with E-state index >= 15 is 0 Å². The smallest absolute Gasteiger partial charge is 0.244 e. The molecule has 0 bridgehead atoms. The number of quaternary nitrogens is 1. The van der Waals surface area contributed by atoms with Crippen LogP contribution in [0.2, 0.25) is 0 Å². The van der Waals surface area contributed by atoms with Crippen molar-refractivity contribution in [2.75, 3.05) is 26.2 Å². The molecule has 2 rings (SSSR count). The largest absolute Gasteiger partial charge is 0.508 e. The molecule has 0 fully saturated rings. The summed E-state index contributed by atoms with van der Waals surface area (Å²) in [5, 5.41) is 26.4. The van der Waals surface area contributed by atoms with Gasteiger partial charge in [-0.25, -0.2) is 0 Å². The van der Waals surface area contributed by atoms with Gasteiger partial charge in [0.25, 0.3) is 0 Å². The van der Waals surface area contributed by atoms with Gasteiger partial charge < -0.3 is 26.2 Å². The van der Waals surface area contributed by atoms with Gasteiger partial charge in [-0.3, -0.25) is 9.59 Å². The van der Waals surface area contributed by atoms with Gasteiger partial charge in [0.1, 0.15) is 11.5 Å². The Bertz CT molecular complexity index is 815. The molecule has 6 N–H and O–H groups in total. The molecular formula is C25H32N3O4+. The maximum atomic E-state index is 11.8. The molecule has 0 aliphatic carbocycles. The topological polar surface area (TPSA) is 115 Å². The van der Waals surface area contributed by atoms with Crippen molar-refractivity contribution in [1.29, 1.82) is 0 Å². The normalized spacial score (nSPS) is 11.1. The third kappa shape index (κ3) is 11.0. The first-order chi connectivity index (χ1) is 15.5. The number of nitrogens with two attached hydrogens (primary N) is 1. The van der Waals surface area contributed by atoms with E-state index in [0.717, 1.165) is 43.5 Å². The zero-order valence-corrected chi connectivity index (χ0v) is 18.2. The van der Waals surface area contributed by atoms with E-state index in [4.69, 9.17) is 0 Å². The first-order valence-corrected chi connectivity index (χ1v) is 10.8. The molecule has 7 nitrogen and oxygen atoms in total. The van der Waals surface area contributed by atoms with Gasteiger partial charge in [0.05, 0.1) is 13.1 Å². The average molecular weight is 439 g/mol. The first kappa shape index (κ1) is 24.7. The maximum absolute atomic E-state index is 11.8. The number of aromatic hydroxyl groups is 2. The van der Waals surface area contributed by atoms with E-state index in [0.29, 0.717) is 13.1 Å². The molecule has 170 valence electrons. The minimum atomic E-state index is -0.131. The lowest BCUT2D eigenvalue weighted by molar-refractivity contribution is -0.655. The summed E-state index contributed by atoms with van der Waals surface area (Å²) in [4.78, 5) is 23.6. The number of rotatable bonds is 13. The SMILES string of the molecule is O=C(C=Cc1ccc(O)cc1)NCCCC[NH2+]CCCNC(=O)C=Cc1ccc(O)cc1.